The van der Waals surface area contributed by atoms with Crippen LogP contribution in [0.2, 0.25) is 0 Å². The van der Waals surface area contributed by atoms with E-state index >= 15 is 0 Å². The first-order valence-electron chi connectivity index (χ1n) is 6.53. The Morgan fingerprint density at radius 2 is 1.82 bits per heavy atom. The number of benzene rings is 2. The zero-order valence-electron chi connectivity index (χ0n) is 11.9. The van der Waals surface area contributed by atoms with Crippen molar-refractivity contribution in [1.29, 1.82) is 0 Å². The Bertz CT molecular complexity index is 773. The van der Waals surface area contributed by atoms with Crippen LogP contribution in [0.25, 0.3) is 0 Å². The van der Waals surface area contributed by atoms with Gasteiger partial charge in [-0.1, -0.05) is 30.3 Å². The minimum Gasteiger partial charge on any atom is -0.478 e. The van der Waals surface area contributed by atoms with Crippen molar-refractivity contribution in [3.8, 4) is 0 Å². The molecule has 3 N–H and O–H groups in total. The number of sulfonamides is 1. The highest BCUT2D eigenvalue weighted by atomic mass is 32.2. The van der Waals surface area contributed by atoms with E-state index in [0.717, 1.165) is 11.6 Å². The Morgan fingerprint density at radius 3 is 2.41 bits per heavy atom. The SMILES string of the molecule is CNc1ccc(S(=O)(=O)NCc2ccccc2)cc1C(=O)O. The molecule has 0 saturated heterocycles. The molecule has 2 aromatic rings. The Morgan fingerprint density at radius 1 is 1.14 bits per heavy atom. The molecule has 22 heavy (non-hydrogen) atoms. The van der Waals surface area contributed by atoms with Gasteiger partial charge in [-0.2, -0.15) is 0 Å². The molecule has 2 rings (SSSR count). The average molecular weight is 320 g/mol. The van der Waals surface area contributed by atoms with Gasteiger partial charge in [0.1, 0.15) is 0 Å². The van der Waals surface area contributed by atoms with Crippen molar-refractivity contribution in [3.63, 3.8) is 0 Å². The van der Waals surface area contributed by atoms with Gasteiger partial charge in [0.05, 0.1) is 10.5 Å². The Hall–Kier alpha value is -2.38. The zero-order valence-corrected chi connectivity index (χ0v) is 12.7. The summed E-state index contributed by atoms with van der Waals surface area (Å²) < 4.78 is 27.0. The number of hydrogen-bond acceptors (Lipinski definition) is 4. The third-order valence-corrected chi connectivity index (χ3v) is 4.51. The zero-order chi connectivity index (χ0) is 16.2. The van der Waals surface area contributed by atoms with Crippen LogP contribution >= 0.6 is 0 Å². The third-order valence-electron chi connectivity index (χ3n) is 3.11. The normalized spacial score (nSPS) is 11.1. The number of carboxylic acid groups (broad SMARTS) is 1. The minimum absolute atomic E-state index is 0.0835. The fourth-order valence-corrected chi connectivity index (χ4v) is 2.99. The standard InChI is InChI=1S/C15H16N2O4S/c1-16-14-8-7-12(9-13(14)15(18)19)22(20,21)17-10-11-5-3-2-4-6-11/h2-9,16-17H,10H2,1H3,(H,18,19). The number of nitrogens with one attached hydrogen (secondary N) is 2. The van der Waals surface area contributed by atoms with Crippen LogP contribution in [0.5, 0.6) is 0 Å². The van der Waals surface area contributed by atoms with Crippen LogP contribution in [-0.4, -0.2) is 26.5 Å². The van der Waals surface area contributed by atoms with Crippen molar-refractivity contribution < 1.29 is 18.3 Å². The first-order chi connectivity index (χ1) is 10.4. The monoisotopic (exact) mass is 320 g/mol. The lowest BCUT2D eigenvalue weighted by molar-refractivity contribution is 0.0697. The van der Waals surface area contributed by atoms with Gasteiger partial charge in [-0.15, -0.1) is 0 Å². The molecule has 0 aromatic heterocycles. The van der Waals surface area contributed by atoms with Crippen LogP contribution in [0.15, 0.2) is 53.4 Å². The third kappa shape index (κ3) is 3.63. The summed E-state index contributed by atoms with van der Waals surface area (Å²) in [7, 11) is -2.21. The molecule has 7 heteroatoms. The summed E-state index contributed by atoms with van der Waals surface area (Å²) in [6.07, 6.45) is 0. The molecule has 0 aliphatic carbocycles. The summed E-state index contributed by atoms with van der Waals surface area (Å²) in [5, 5.41) is 11.9. The Balaban J connectivity index is 2.26. The predicted molar refractivity (Wildman–Crippen MR) is 83.4 cm³/mol. The van der Waals surface area contributed by atoms with Crippen molar-refractivity contribution in [3.05, 3.63) is 59.7 Å². The van der Waals surface area contributed by atoms with Gasteiger partial charge >= 0.3 is 5.97 Å². The summed E-state index contributed by atoms with van der Waals surface area (Å²) in [6, 6.07) is 13.0. The van der Waals surface area contributed by atoms with Gasteiger partial charge in [0.15, 0.2) is 0 Å². The van der Waals surface area contributed by atoms with Gasteiger partial charge in [-0.3, -0.25) is 0 Å². The van der Waals surface area contributed by atoms with Gasteiger partial charge in [0, 0.05) is 19.3 Å². The number of rotatable bonds is 6. The molecule has 0 fully saturated rings. The summed E-state index contributed by atoms with van der Waals surface area (Å²) in [6.45, 7) is 0.138. The highest BCUT2D eigenvalue weighted by molar-refractivity contribution is 7.89. The van der Waals surface area contributed by atoms with E-state index in [-0.39, 0.29) is 17.0 Å². The number of carboxylic acids is 1. The summed E-state index contributed by atoms with van der Waals surface area (Å²) in [5.41, 5.74) is 1.08. The van der Waals surface area contributed by atoms with Crippen molar-refractivity contribution in [2.45, 2.75) is 11.4 Å². The van der Waals surface area contributed by atoms with Crippen LogP contribution in [0.3, 0.4) is 0 Å². The van der Waals surface area contributed by atoms with E-state index in [2.05, 4.69) is 10.0 Å². The molecule has 0 aliphatic rings. The summed E-state index contributed by atoms with van der Waals surface area (Å²) in [4.78, 5) is 11.1. The first-order valence-corrected chi connectivity index (χ1v) is 8.01. The molecular weight excluding hydrogens is 304 g/mol. The maximum absolute atomic E-state index is 12.3. The van der Waals surface area contributed by atoms with Crippen molar-refractivity contribution in [2.75, 3.05) is 12.4 Å². The Labute approximate surface area is 128 Å². The molecule has 0 unspecified atom stereocenters. The molecule has 0 bridgehead atoms. The van der Waals surface area contributed by atoms with Gasteiger partial charge < -0.3 is 10.4 Å². The predicted octanol–water partition coefficient (Wildman–Crippen LogP) is 1.91. The Kier molecular flexibility index (Phi) is 4.79. The van der Waals surface area contributed by atoms with Gasteiger partial charge in [0.25, 0.3) is 0 Å². The number of aromatic carboxylic acids is 1. The van der Waals surface area contributed by atoms with E-state index in [1.807, 2.05) is 18.2 Å². The van der Waals surface area contributed by atoms with Gasteiger partial charge in [0.2, 0.25) is 10.0 Å². The molecule has 0 amide bonds. The fourth-order valence-electron chi connectivity index (χ4n) is 1.94. The lowest BCUT2D eigenvalue weighted by atomic mass is 10.2. The van der Waals surface area contributed by atoms with E-state index in [1.54, 1.807) is 19.2 Å². The lowest BCUT2D eigenvalue weighted by Crippen LogP contribution is -2.23. The molecule has 0 heterocycles. The first kappa shape index (κ1) is 16.0. The van der Waals surface area contributed by atoms with Crippen molar-refractivity contribution >= 4 is 21.7 Å². The largest absolute Gasteiger partial charge is 0.478 e. The highest BCUT2D eigenvalue weighted by Gasteiger charge is 2.18. The van der Waals surface area contributed by atoms with E-state index in [1.165, 1.54) is 12.1 Å². The van der Waals surface area contributed by atoms with Crippen molar-refractivity contribution in [2.24, 2.45) is 0 Å². The molecule has 0 aliphatic heterocycles. The number of carbonyl (C=O) groups is 1. The second-order valence-electron chi connectivity index (χ2n) is 4.57. The van der Waals surface area contributed by atoms with E-state index in [0.29, 0.717) is 5.69 Å². The smallest absolute Gasteiger partial charge is 0.337 e. The van der Waals surface area contributed by atoms with Crippen LogP contribution in [0.1, 0.15) is 15.9 Å². The van der Waals surface area contributed by atoms with Gasteiger partial charge in [-0.05, 0) is 23.8 Å². The molecule has 0 saturated carbocycles. The topological polar surface area (TPSA) is 95.5 Å². The van der Waals surface area contributed by atoms with E-state index in [4.69, 9.17) is 5.11 Å². The second-order valence-corrected chi connectivity index (χ2v) is 6.34. The maximum Gasteiger partial charge on any atom is 0.337 e. The minimum atomic E-state index is -3.78. The molecule has 0 spiro atoms. The van der Waals surface area contributed by atoms with Gasteiger partial charge in [-0.25, -0.2) is 17.9 Å². The molecule has 0 radical (unpaired) electrons. The fraction of sp³-hybridized carbons (Fsp3) is 0.133. The lowest BCUT2D eigenvalue weighted by Gasteiger charge is -2.10. The molecule has 6 nitrogen and oxygen atoms in total. The van der Waals surface area contributed by atoms with Crippen LogP contribution in [0, 0.1) is 0 Å². The van der Waals surface area contributed by atoms with Crippen LogP contribution < -0.4 is 10.0 Å². The molecule has 0 atom stereocenters. The summed E-state index contributed by atoms with van der Waals surface area (Å²) >= 11 is 0. The average Bonchev–Trinajstić information content (AvgIpc) is 2.53. The van der Waals surface area contributed by atoms with E-state index in [9.17, 15) is 13.2 Å². The number of hydrogen-bond donors (Lipinski definition) is 3. The van der Waals surface area contributed by atoms with Crippen LogP contribution in [-0.2, 0) is 16.6 Å². The second kappa shape index (κ2) is 6.59. The summed E-state index contributed by atoms with van der Waals surface area (Å²) in [5.74, 6) is -1.19. The molecular formula is C15H16N2O4S. The van der Waals surface area contributed by atoms with Crippen LogP contribution in [0.4, 0.5) is 5.69 Å². The maximum atomic E-state index is 12.3. The quantitative estimate of drug-likeness (QED) is 0.755. The number of anilines is 1. The van der Waals surface area contributed by atoms with Crippen molar-refractivity contribution in [1.82, 2.24) is 4.72 Å². The molecule has 2 aromatic carbocycles. The highest BCUT2D eigenvalue weighted by Crippen LogP contribution is 2.20. The van der Waals surface area contributed by atoms with E-state index < -0.39 is 16.0 Å². The molecule has 116 valence electrons.